The molecule has 1 aromatic carbocycles. The Bertz CT molecular complexity index is 419. The Morgan fingerprint density at radius 2 is 1.95 bits per heavy atom. The zero-order chi connectivity index (χ0) is 13.8. The van der Waals surface area contributed by atoms with Crippen molar-refractivity contribution in [2.75, 3.05) is 13.2 Å². The van der Waals surface area contributed by atoms with Gasteiger partial charge in [-0.25, -0.2) is 0 Å². The van der Waals surface area contributed by atoms with Gasteiger partial charge in [-0.3, -0.25) is 0 Å². The van der Waals surface area contributed by atoms with E-state index >= 15 is 0 Å². The van der Waals surface area contributed by atoms with Crippen LogP contribution in [0, 0.1) is 11.8 Å². The van der Waals surface area contributed by atoms with Crippen molar-refractivity contribution in [1.29, 1.82) is 0 Å². The van der Waals surface area contributed by atoms with Crippen LogP contribution in [0.25, 0.3) is 0 Å². The maximum atomic E-state index is 6.27. The molecular formula is C16H25NO2. The Kier molecular flexibility index (Phi) is 4.70. The zero-order valence-electron chi connectivity index (χ0n) is 12.2. The summed E-state index contributed by atoms with van der Waals surface area (Å²) in [6.45, 7) is 7.99. The molecule has 0 amide bonds. The molecule has 0 bridgehead atoms. The van der Waals surface area contributed by atoms with Crippen molar-refractivity contribution in [3.8, 4) is 11.5 Å². The molecule has 0 spiro atoms. The average Bonchev–Trinajstić information content (AvgIpc) is 2.60. The van der Waals surface area contributed by atoms with Crippen LogP contribution in [0.5, 0.6) is 11.5 Å². The topological polar surface area (TPSA) is 44.5 Å². The van der Waals surface area contributed by atoms with Gasteiger partial charge in [0.1, 0.15) is 0 Å². The second-order valence-corrected chi connectivity index (χ2v) is 5.79. The van der Waals surface area contributed by atoms with E-state index < -0.39 is 0 Å². The standard InChI is InChI=1S/C16H25NO2/c1-4-11(2)7-14(17)13-5-6-15-16(8-13)19-10-12(3)9-18-15/h5-6,8,11-12,14H,4,7,9-10,17H2,1-3H3. The predicted octanol–water partition coefficient (Wildman–Crippen LogP) is 3.53. The fourth-order valence-electron chi connectivity index (χ4n) is 2.24. The average molecular weight is 263 g/mol. The van der Waals surface area contributed by atoms with Crippen molar-refractivity contribution in [1.82, 2.24) is 0 Å². The van der Waals surface area contributed by atoms with Crippen LogP contribution in [0.3, 0.4) is 0 Å². The number of benzene rings is 1. The summed E-state index contributed by atoms with van der Waals surface area (Å²) in [6.07, 6.45) is 2.17. The smallest absolute Gasteiger partial charge is 0.161 e. The second-order valence-electron chi connectivity index (χ2n) is 5.79. The molecule has 3 atom stereocenters. The van der Waals surface area contributed by atoms with Crippen molar-refractivity contribution < 1.29 is 9.47 Å². The Morgan fingerprint density at radius 1 is 1.26 bits per heavy atom. The van der Waals surface area contributed by atoms with Crippen LogP contribution >= 0.6 is 0 Å². The molecule has 19 heavy (non-hydrogen) atoms. The highest BCUT2D eigenvalue weighted by Crippen LogP contribution is 2.34. The lowest BCUT2D eigenvalue weighted by Gasteiger charge is -2.17. The first-order chi connectivity index (χ1) is 9.10. The minimum Gasteiger partial charge on any atom is -0.489 e. The van der Waals surface area contributed by atoms with Gasteiger partial charge in [-0.15, -0.1) is 0 Å². The molecule has 3 unspecified atom stereocenters. The fraction of sp³-hybridized carbons (Fsp3) is 0.625. The molecule has 0 fully saturated rings. The molecule has 1 aliphatic rings. The first kappa shape index (κ1) is 14.2. The molecule has 3 heteroatoms. The molecule has 1 aromatic rings. The molecule has 1 aliphatic heterocycles. The van der Waals surface area contributed by atoms with Gasteiger partial charge >= 0.3 is 0 Å². The van der Waals surface area contributed by atoms with Crippen LogP contribution < -0.4 is 15.2 Å². The monoisotopic (exact) mass is 263 g/mol. The molecule has 2 N–H and O–H groups in total. The molecule has 0 saturated heterocycles. The van der Waals surface area contributed by atoms with Gasteiger partial charge < -0.3 is 15.2 Å². The number of ether oxygens (including phenoxy) is 2. The molecule has 3 nitrogen and oxygen atoms in total. The van der Waals surface area contributed by atoms with Crippen LogP contribution in [-0.4, -0.2) is 13.2 Å². The maximum Gasteiger partial charge on any atom is 0.161 e. The summed E-state index contributed by atoms with van der Waals surface area (Å²) in [6, 6.07) is 6.16. The summed E-state index contributed by atoms with van der Waals surface area (Å²) in [5.74, 6) is 2.74. The van der Waals surface area contributed by atoms with Crippen molar-refractivity contribution in [3.05, 3.63) is 23.8 Å². The normalized spacial score (nSPS) is 21.6. The summed E-state index contributed by atoms with van der Waals surface area (Å²) < 4.78 is 11.5. The van der Waals surface area contributed by atoms with E-state index in [1.54, 1.807) is 0 Å². The SMILES string of the molecule is CCC(C)CC(N)c1ccc2c(c1)OCC(C)CO2. The Hall–Kier alpha value is -1.22. The molecule has 0 aromatic heterocycles. The molecule has 0 aliphatic carbocycles. The molecule has 0 radical (unpaired) electrons. The van der Waals surface area contributed by atoms with Gasteiger partial charge in [0.05, 0.1) is 13.2 Å². The largest absolute Gasteiger partial charge is 0.489 e. The van der Waals surface area contributed by atoms with Gasteiger partial charge in [0.15, 0.2) is 11.5 Å². The first-order valence-electron chi connectivity index (χ1n) is 7.25. The number of fused-ring (bicyclic) bond motifs is 1. The van der Waals surface area contributed by atoms with Crippen LogP contribution in [0.2, 0.25) is 0 Å². The maximum absolute atomic E-state index is 6.27. The minimum atomic E-state index is 0.0736. The third-order valence-corrected chi connectivity index (χ3v) is 3.80. The quantitative estimate of drug-likeness (QED) is 0.903. The van der Waals surface area contributed by atoms with Crippen LogP contribution in [-0.2, 0) is 0 Å². The lowest BCUT2D eigenvalue weighted by Crippen LogP contribution is -2.14. The van der Waals surface area contributed by atoms with Gasteiger partial charge in [0, 0.05) is 12.0 Å². The Morgan fingerprint density at radius 3 is 2.63 bits per heavy atom. The van der Waals surface area contributed by atoms with Crippen molar-refractivity contribution >= 4 is 0 Å². The van der Waals surface area contributed by atoms with E-state index in [4.69, 9.17) is 15.2 Å². The van der Waals surface area contributed by atoms with E-state index in [1.165, 1.54) is 0 Å². The van der Waals surface area contributed by atoms with E-state index in [-0.39, 0.29) is 6.04 Å². The van der Waals surface area contributed by atoms with Crippen LogP contribution in [0.15, 0.2) is 18.2 Å². The first-order valence-corrected chi connectivity index (χ1v) is 7.25. The van der Waals surface area contributed by atoms with E-state index in [0.29, 0.717) is 25.0 Å². The number of hydrogen-bond acceptors (Lipinski definition) is 3. The summed E-state index contributed by atoms with van der Waals surface area (Å²) in [5, 5.41) is 0. The van der Waals surface area contributed by atoms with E-state index in [2.05, 4.69) is 26.8 Å². The molecule has 106 valence electrons. The summed E-state index contributed by atoms with van der Waals surface area (Å²) in [7, 11) is 0. The summed E-state index contributed by atoms with van der Waals surface area (Å²) >= 11 is 0. The summed E-state index contributed by atoms with van der Waals surface area (Å²) in [4.78, 5) is 0. The van der Waals surface area contributed by atoms with Crippen molar-refractivity contribution in [2.24, 2.45) is 17.6 Å². The van der Waals surface area contributed by atoms with E-state index in [0.717, 1.165) is 29.9 Å². The lowest BCUT2D eigenvalue weighted by atomic mass is 9.95. The molecule has 0 saturated carbocycles. The molecular weight excluding hydrogens is 238 g/mol. The zero-order valence-corrected chi connectivity index (χ0v) is 12.2. The molecule has 1 heterocycles. The Balaban J connectivity index is 2.12. The van der Waals surface area contributed by atoms with E-state index in [9.17, 15) is 0 Å². The number of rotatable bonds is 4. The highest BCUT2D eigenvalue weighted by Gasteiger charge is 2.17. The minimum absolute atomic E-state index is 0.0736. The second kappa shape index (κ2) is 6.29. The molecule has 2 rings (SSSR count). The number of hydrogen-bond donors (Lipinski definition) is 1. The van der Waals surface area contributed by atoms with Gasteiger partial charge in [-0.2, -0.15) is 0 Å². The lowest BCUT2D eigenvalue weighted by molar-refractivity contribution is 0.228. The van der Waals surface area contributed by atoms with Gasteiger partial charge in [0.25, 0.3) is 0 Å². The highest BCUT2D eigenvalue weighted by molar-refractivity contribution is 5.44. The van der Waals surface area contributed by atoms with E-state index in [1.807, 2.05) is 12.1 Å². The van der Waals surface area contributed by atoms with Gasteiger partial charge in [0.2, 0.25) is 0 Å². The fourth-order valence-corrected chi connectivity index (χ4v) is 2.24. The third kappa shape index (κ3) is 3.63. The highest BCUT2D eigenvalue weighted by atomic mass is 16.5. The van der Waals surface area contributed by atoms with Crippen LogP contribution in [0.1, 0.15) is 45.2 Å². The van der Waals surface area contributed by atoms with Crippen molar-refractivity contribution in [2.45, 2.75) is 39.7 Å². The number of nitrogens with two attached hydrogens (primary N) is 1. The van der Waals surface area contributed by atoms with Gasteiger partial charge in [-0.05, 0) is 30.0 Å². The predicted molar refractivity (Wildman–Crippen MR) is 77.6 cm³/mol. The summed E-state index contributed by atoms with van der Waals surface area (Å²) in [5.41, 5.74) is 7.41. The van der Waals surface area contributed by atoms with Crippen molar-refractivity contribution in [3.63, 3.8) is 0 Å². The Labute approximate surface area is 116 Å². The van der Waals surface area contributed by atoms with Crippen LogP contribution in [0.4, 0.5) is 0 Å². The van der Waals surface area contributed by atoms with Gasteiger partial charge in [-0.1, -0.05) is 33.3 Å². The third-order valence-electron chi connectivity index (χ3n) is 3.80.